The van der Waals surface area contributed by atoms with E-state index in [0.29, 0.717) is 30.7 Å². The number of H-pyrrole nitrogens is 1. The Morgan fingerprint density at radius 1 is 1.13 bits per heavy atom. The van der Waals surface area contributed by atoms with Crippen molar-refractivity contribution in [1.82, 2.24) is 19.1 Å². The molecule has 2 aliphatic rings. The van der Waals surface area contributed by atoms with Crippen molar-refractivity contribution in [2.45, 2.75) is 89.3 Å². The van der Waals surface area contributed by atoms with Gasteiger partial charge in [0, 0.05) is 18.5 Å². The van der Waals surface area contributed by atoms with Crippen LogP contribution in [0.15, 0.2) is 9.59 Å². The number of aryl methyl sites for hydroxylation is 1. The van der Waals surface area contributed by atoms with Gasteiger partial charge in [0.15, 0.2) is 5.65 Å². The molecule has 0 unspecified atom stereocenters. The monoisotopic (exact) mass is 418 g/mol. The number of rotatable bonds is 9. The zero-order valence-corrected chi connectivity index (χ0v) is 17.7. The van der Waals surface area contributed by atoms with Crippen LogP contribution in [-0.2, 0) is 28.0 Å². The summed E-state index contributed by atoms with van der Waals surface area (Å²) < 4.78 is 8.95. The summed E-state index contributed by atoms with van der Waals surface area (Å²) in [6.07, 6.45) is 5.69. The average molecular weight is 418 g/mol. The van der Waals surface area contributed by atoms with Gasteiger partial charge < -0.3 is 14.8 Å². The topological polar surface area (TPSA) is 119 Å². The first-order valence-electron chi connectivity index (χ1n) is 10.9. The van der Waals surface area contributed by atoms with E-state index in [4.69, 9.17) is 14.8 Å². The molecule has 0 saturated heterocycles. The molecule has 2 aromatic rings. The number of nitrogens with one attached hydrogen (secondary N) is 1. The molecule has 164 valence electrons. The van der Waals surface area contributed by atoms with Crippen molar-refractivity contribution in [3.63, 3.8) is 0 Å². The van der Waals surface area contributed by atoms with Crippen LogP contribution in [0.3, 0.4) is 0 Å². The third kappa shape index (κ3) is 3.29. The van der Waals surface area contributed by atoms with E-state index in [1.165, 1.54) is 4.57 Å². The van der Waals surface area contributed by atoms with Gasteiger partial charge in [-0.3, -0.25) is 18.7 Å². The lowest BCUT2D eigenvalue weighted by Crippen LogP contribution is -2.40. The molecule has 4 rings (SSSR count). The normalized spacial score (nSPS) is 25.4. The van der Waals surface area contributed by atoms with Gasteiger partial charge in [-0.15, -0.1) is 0 Å². The van der Waals surface area contributed by atoms with Crippen LogP contribution in [0.25, 0.3) is 11.2 Å². The number of aromatic nitrogens is 4. The van der Waals surface area contributed by atoms with Gasteiger partial charge in [-0.25, -0.2) is 9.78 Å². The number of carboxylic acids is 1. The number of imidazole rings is 1. The van der Waals surface area contributed by atoms with E-state index >= 15 is 0 Å². The molecule has 0 aromatic carbocycles. The van der Waals surface area contributed by atoms with Crippen LogP contribution in [0.5, 0.6) is 0 Å². The standard InChI is InChI=1S/C21H30N4O5/c1-3-10-24-16-15(17(28)25(11-4-2)19(24)29)22-18(23-16)20-6-8-21(13-20,9-7-20)30-12-5-14(26)27/h3-13H2,1-2H3,(H,22,23)(H,26,27). The zero-order valence-electron chi connectivity index (χ0n) is 17.7. The molecule has 0 amide bonds. The molecule has 2 aromatic heterocycles. The van der Waals surface area contributed by atoms with E-state index < -0.39 is 5.97 Å². The van der Waals surface area contributed by atoms with Gasteiger partial charge in [0.2, 0.25) is 0 Å². The highest BCUT2D eigenvalue weighted by molar-refractivity contribution is 5.70. The Hall–Kier alpha value is -2.42. The van der Waals surface area contributed by atoms with Gasteiger partial charge in [0.25, 0.3) is 5.56 Å². The van der Waals surface area contributed by atoms with Crippen LogP contribution in [0.4, 0.5) is 0 Å². The van der Waals surface area contributed by atoms with Gasteiger partial charge in [-0.1, -0.05) is 13.8 Å². The molecule has 2 heterocycles. The number of hydrogen-bond acceptors (Lipinski definition) is 5. The minimum absolute atomic E-state index is 0.000345. The first-order chi connectivity index (χ1) is 14.3. The Kier molecular flexibility index (Phi) is 5.34. The fraction of sp³-hybridized carbons (Fsp3) is 0.714. The molecule has 0 spiro atoms. The van der Waals surface area contributed by atoms with Crippen molar-refractivity contribution in [3.8, 4) is 0 Å². The molecule has 2 bridgehead atoms. The Bertz CT molecular complexity index is 1070. The SMILES string of the molecule is CCCn1c(=O)c2[nH]c(C34CCC(OCCC(=O)O)(CC3)C4)nc2n(CCC)c1=O. The highest BCUT2D eigenvalue weighted by Gasteiger charge is 2.57. The van der Waals surface area contributed by atoms with E-state index in [-0.39, 0.29) is 35.3 Å². The van der Waals surface area contributed by atoms with Crippen LogP contribution < -0.4 is 11.2 Å². The third-order valence-corrected chi connectivity index (χ3v) is 6.76. The largest absolute Gasteiger partial charge is 0.481 e. The van der Waals surface area contributed by atoms with Crippen molar-refractivity contribution in [2.75, 3.05) is 6.61 Å². The molecule has 9 heteroatoms. The molecule has 30 heavy (non-hydrogen) atoms. The van der Waals surface area contributed by atoms with E-state index in [1.54, 1.807) is 4.57 Å². The Morgan fingerprint density at radius 2 is 1.80 bits per heavy atom. The molecule has 2 fully saturated rings. The van der Waals surface area contributed by atoms with Gasteiger partial charge >= 0.3 is 11.7 Å². The van der Waals surface area contributed by atoms with E-state index in [2.05, 4.69) is 4.98 Å². The summed E-state index contributed by atoms with van der Waals surface area (Å²) in [4.78, 5) is 44.8. The summed E-state index contributed by atoms with van der Waals surface area (Å²) in [5, 5.41) is 8.89. The molecule has 0 atom stereocenters. The predicted molar refractivity (Wildman–Crippen MR) is 111 cm³/mol. The number of carbonyl (C=O) groups is 1. The van der Waals surface area contributed by atoms with E-state index in [0.717, 1.165) is 44.3 Å². The van der Waals surface area contributed by atoms with Crippen LogP contribution >= 0.6 is 0 Å². The van der Waals surface area contributed by atoms with Crippen LogP contribution in [0.2, 0.25) is 0 Å². The number of ether oxygens (including phenoxy) is 1. The van der Waals surface area contributed by atoms with Crippen LogP contribution in [0.1, 0.15) is 71.0 Å². The van der Waals surface area contributed by atoms with Crippen molar-refractivity contribution in [2.24, 2.45) is 0 Å². The molecule has 0 aliphatic heterocycles. The van der Waals surface area contributed by atoms with E-state index in [1.807, 2.05) is 13.8 Å². The summed E-state index contributed by atoms with van der Waals surface area (Å²) in [6, 6.07) is 0. The Labute approximate surface area is 174 Å². The summed E-state index contributed by atoms with van der Waals surface area (Å²) >= 11 is 0. The van der Waals surface area contributed by atoms with Crippen molar-refractivity contribution in [3.05, 3.63) is 26.7 Å². The number of carboxylic acid groups (broad SMARTS) is 1. The molecular weight excluding hydrogens is 388 g/mol. The fourth-order valence-corrected chi connectivity index (χ4v) is 5.29. The van der Waals surface area contributed by atoms with Gasteiger partial charge in [-0.05, 0) is 44.9 Å². The first kappa shape index (κ1) is 20.8. The maximum atomic E-state index is 13.0. The number of nitrogens with zero attached hydrogens (tertiary/aromatic N) is 3. The number of hydrogen-bond donors (Lipinski definition) is 2. The molecular formula is C21H30N4O5. The summed E-state index contributed by atoms with van der Waals surface area (Å²) in [5.41, 5.74) is -0.274. The summed E-state index contributed by atoms with van der Waals surface area (Å²) in [5.74, 6) is -0.0995. The smallest absolute Gasteiger partial charge is 0.332 e. The second-order valence-corrected chi connectivity index (χ2v) is 8.81. The maximum Gasteiger partial charge on any atom is 0.332 e. The minimum atomic E-state index is -0.858. The first-order valence-corrected chi connectivity index (χ1v) is 10.9. The second kappa shape index (κ2) is 7.68. The highest BCUT2D eigenvalue weighted by Crippen LogP contribution is 2.58. The lowest BCUT2D eigenvalue weighted by Gasteiger charge is -2.27. The number of aromatic amines is 1. The van der Waals surface area contributed by atoms with Crippen molar-refractivity contribution < 1.29 is 14.6 Å². The van der Waals surface area contributed by atoms with E-state index in [9.17, 15) is 14.4 Å². The Balaban J connectivity index is 1.72. The molecule has 2 N–H and O–H groups in total. The second-order valence-electron chi connectivity index (χ2n) is 8.81. The third-order valence-electron chi connectivity index (χ3n) is 6.76. The zero-order chi connectivity index (χ0) is 21.5. The average Bonchev–Trinajstić information content (AvgIpc) is 3.41. The van der Waals surface area contributed by atoms with Crippen LogP contribution in [0, 0.1) is 0 Å². The molecule has 0 radical (unpaired) electrons. The maximum absolute atomic E-state index is 13.0. The minimum Gasteiger partial charge on any atom is -0.481 e. The number of aliphatic carboxylic acids is 1. The number of fused-ring (bicyclic) bond motifs is 3. The lowest BCUT2D eigenvalue weighted by molar-refractivity contribution is -0.140. The quantitative estimate of drug-likeness (QED) is 0.644. The van der Waals surface area contributed by atoms with Gasteiger partial charge in [0.05, 0.1) is 18.6 Å². The Morgan fingerprint density at radius 3 is 2.43 bits per heavy atom. The molecule has 9 nitrogen and oxygen atoms in total. The van der Waals surface area contributed by atoms with Crippen molar-refractivity contribution >= 4 is 17.1 Å². The van der Waals surface area contributed by atoms with Gasteiger partial charge in [0.1, 0.15) is 11.3 Å². The molecule has 2 aliphatic carbocycles. The van der Waals surface area contributed by atoms with Crippen molar-refractivity contribution in [1.29, 1.82) is 0 Å². The summed E-state index contributed by atoms with van der Waals surface area (Å²) in [6.45, 7) is 5.05. The lowest BCUT2D eigenvalue weighted by atomic mass is 9.83. The highest BCUT2D eigenvalue weighted by atomic mass is 16.5. The van der Waals surface area contributed by atoms with Crippen LogP contribution in [-0.4, -0.2) is 42.4 Å². The fourth-order valence-electron chi connectivity index (χ4n) is 5.29. The predicted octanol–water partition coefficient (Wildman–Crippen LogP) is 2.15. The summed E-state index contributed by atoms with van der Waals surface area (Å²) in [7, 11) is 0. The van der Waals surface area contributed by atoms with Gasteiger partial charge in [-0.2, -0.15) is 0 Å². The molecule has 2 saturated carbocycles.